The molecule has 0 radical (unpaired) electrons. The maximum atomic E-state index is 11.8. The van der Waals surface area contributed by atoms with Crippen molar-refractivity contribution in [3.8, 4) is 0 Å². The van der Waals surface area contributed by atoms with Gasteiger partial charge in [-0.2, -0.15) is 0 Å². The van der Waals surface area contributed by atoms with Gasteiger partial charge in [0.1, 0.15) is 5.69 Å². The Labute approximate surface area is 104 Å². The highest BCUT2D eigenvalue weighted by Gasteiger charge is 2.14. The number of hydrogen-bond donors (Lipinski definition) is 3. The largest absolute Gasteiger partial charge is 0.356 e. The number of rotatable bonds is 5. The van der Waals surface area contributed by atoms with E-state index in [-0.39, 0.29) is 11.9 Å². The van der Waals surface area contributed by atoms with Gasteiger partial charge in [-0.25, -0.2) is 0 Å². The predicted molar refractivity (Wildman–Crippen MR) is 68.3 cm³/mol. The van der Waals surface area contributed by atoms with Crippen molar-refractivity contribution in [3.63, 3.8) is 0 Å². The Morgan fingerprint density at radius 3 is 2.75 bits per heavy atom. The number of aromatic nitrogens is 1. The molecule has 1 atom stereocenters. The van der Waals surface area contributed by atoms with Crippen LogP contribution in [0.25, 0.3) is 0 Å². The lowest BCUT2D eigenvalue weighted by atomic mass is 10.0. The van der Waals surface area contributed by atoms with Crippen LogP contribution in [0.15, 0.2) is 16.7 Å². The molecule has 0 aromatic carbocycles. The number of nitrogens with one attached hydrogen (secondary N) is 2. The highest BCUT2D eigenvalue weighted by atomic mass is 79.9. The summed E-state index contributed by atoms with van der Waals surface area (Å²) in [7, 11) is 0. The molecule has 0 saturated heterocycles. The summed E-state index contributed by atoms with van der Waals surface area (Å²) in [4.78, 5) is 14.7. The summed E-state index contributed by atoms with van der Waals surface area (Å²) in [6, 6.07) is 1.78. The first kappa shape index (κ1) is 13.3. The Balaban J connectivity index is 2.55. The minimum atomic E-state index is -0.109. The minimum absolute atomic E-state index is 0.0366. The number of aromatic amines is 1. The first-order chi connectivity index (χ1) is 7.52. The average molecular weight is 288 g/mol. The second-order valence-electron chi connectivity index (χ2n) is 4.27. The number of carbonyl (C=O) groups excluding carboxylic acids is 1. The van der Waals surface area contributed by atoms with Crippen molar-refractivity contribution in [2.24, 2.45) is 11.7 Å². The summed E-state index contributed by atoms with van der Waals surface area (Å²) in [6.45, 7) is 4.69. The monoisotopic (exact) mass is 287 g/mol. The van der Waals surface area contributed by atoms with Crippen LogP contribution in [0.2, 0.25) is 0 Å². The average Bonchev–Trinajstić information content (AvgIpc) is 2.63. The van der Waals surface area contributed by atoms with Crippen LogP contribution in [0, 0.1) is 5.92 Å². The molecular weight excluding hydrogens is 270 g/mol. The van der Waals surface area contributed by atoms with E-state index in [4.69, 9.17) is 5.73 Å². The molecule has 1 unspecified atom stereocenters. The lowest BCUT2D eigenvalue weighted by Gasteiger charge is -2.18. The summed E-state index contributed by atoms with van der Waals surface area (Å²) < 4.78 is 0.866. The summed E-state index contributed by atoms with van der Waals surface area (Å²) in [5.74, 6) is 0.408. The third kappa shape index (κ3) is 3.98. The van der Waals surface area contributed by atoms with E-state index in [0.717, 1.165) is 10.9 Å². The van der Waals surface area contributed by atoms with Gasteiger partial charge in [0.05, 0.1) is 0 Å². The molecule has 1 rings (SSSR count). The topological polar surface area (TPSA) is 70.9 Å². The fourth-order valence-corrected chi connectivity index (χ4v) is 1.89. The van der Waals surface area contributed by atoms with Gasteiger partial charge in [0.25, 0.3) is 5.91 Å². The van der Waals surface area contributed by atoms with Gasteiger partial charge in [0, 0.05) is 23.3 Å². The summed E-state index contributed by atoms with van der Waals surface area (Å²) in [5.41, 5.74) is 6.17. The van der Waals surface area contributed by atoms with Crippen LogP contribution in [0.3, 0.4) is 0 Å². The van der Waals surface area contributed by atoms with Crippen molar-refractivity contribution in [3.05, 3.63) is 22.4 Å². The third-order valence-corrected chi connectivity index (χ3v) is 2.73. The SMILES string of the molecule is CC(C)CC(CN)NC(=O)c1cc(Br)c[nH]1. The van der Waals surface area contributed by atoms with Crippen LogP contribution < -0.4 is 11.1 Å². The van der Waals surface area contributed by atoms with Crippen molar-refractivity contribution >= 4 is 21.8 Å². The van der Waals surface area contributed by atoms with Gasteiger partial charge in [-0.1, -0.05) is 13.8 Å². The number of nitrogens with two attached hydrogens (primary N) is 1. The number of H-pyrrole nitrogens is 1. The fraction of sp³-hybridized carbons (Fsp3) is 0.545. The zero-order valence-electron chi connectivity index (χ0n) is 9.59. The van der Waals surface area contributed by atoms with Gasteiger partial charge in [-0.15, -0.1) is 0 Å². The third-order valence-electron chi connectivity index (χ3n) is 2.27. The van der Waals surface area contributed by atoms with Crippen molar-refractivity contribution in [1.82, 2.24) is 10.3 Å². The molecule has 1 aromatic heterocycles. The van der Waals surface area contributed by atoms with Gasteiger partial charge < -0.3 is 16.0 Å². The maximum Gasteiger partial charge on any atom is 0.267 e. The molecule has 0 aliphatic rings. The highest BCUT2D eigenvalue weighted by Crippen LogP contribution is 2.11. The molecule has 5 heteroatoms. The second kappa shape index (κ2) is 6.06. The molecule has 1 aromatic rings. The normalized spacial score (nSPS) is 12.8. The van der Waals surface area contributed by atoms with Crippen LogP contribution in [0.4, 0.5) is 0 Å². The molecule has 1 heterocycles. The van der Waals surface area contributed by atoms with Crippen molar-refractivity contribution in [2.75, 3.05) is 6.54 Å². The molecule has 0 fully saturated rings. The Hall–Kier alpha value is -0.810. The smallest absolute Gasteiger partial charge is 0.267 e. The van der Waals surface area contributed by atoms with Crippen LogP contribution in [0.5, 0.6) is 0 Å². The number of hydrogen-bond acceptors (Lipinski definition) is 2. The molecule has 0 aliphatic heterocycles. The zero-order chi connectivity index (χ0) is 12.1. The summed E-state index contributed by atoms with van der Waals surface area (Å²) in [6.07, 6.45) is 2.62. The van der Waals surface area contributed by atoms with Crippen molar-refractivity contribution in [1.29, 1.82) is 0 Å². The van der Waals surface area contributed by atoms with Crippen LogP contribution >= 0.6 is 15.9 Å². The van der Waals surface area contributed by atoms with Gasteiger partial charge >= 0.3 is 0 Å². The van der Waals surface area contributed by atoms with Crippen LogP contribution in [-0.2, 0) is 0 Å². The Morgan fingerprint density at radius 1 is 1.62 bits per heavy atom. The highest BCUT2D eigenvalue weighted by molar-refractivity contribution is 9.10. The van der Waals surface area contributed by atoms with E-state index in [1.54, 1.807) is 12.3 Å². The first-order valence-electron chi connectivity index (χ1n) is 5.37. The van der Waals surface area contributed by atoms with E-state index in [2.05, 4.69) is 40.1 Å². The van der Waals surface area contributed by atoms with Gasteiger partial charge in [-0.3, -0.25) is 4.79 Å². The van der Waals surface area contributed by atoms with E-state index in [9.17, 15) is 4.79 Å². The zero-order valence-corrected chi connectivity index (χ0v) is 11.2. The molecule has 16 heavy (non-hydrogen) atoms. The Kier molecular flexibility index (Phi) is 5.02. The summed E-state index contributed by atoms with van der Waals surface area (Å²) >= 11 is 3.29. The van der Waals surface area contributed by atoms with Crippen molar-refractivity contribution < 1.29 is 4.79 Å². The van der Waals surface area contributed by atoms with Gasteiger partial charge in [0.2, 0.25) is 0 Å². The van der Waals surface area contributed by atoms with E-state index >= 15 is 0 Å². The standard InChI is InChI=1S/C11H18BrN3O/c1-7(2)3-9(5-13)15-11(16)10-4-8(12)6-14-10/h4,6-7,9,14H,3,5,13H2,1-2H3,(H,15,16). The molecule has 4 N–H and O–H groups in total. The molecular formula is C11H18BrN3O. The molecule has 0 spiro atoms. The van der Waals surface area contributed by atoms with Crippen LogP contribution in [0.1, 0.15) is 30.8 Å². The first-order valence-corrected chi connectivity index (χ1v) is 6.17. The van der Waals surface area contributed by atoms with Crippen molar-refractivity contribution in [2.45, 2.75) is 26.3 Å². The molecule has 4 nitrogen and oxygen atoms in total. The lowest BCUT2D eigenvalue weighted by Crippen LogP contribution is -2.41. The van der Waals surface area contributed by atoms with E-state index in [1.165, 1.54) is 0 Å². The molecule has 0 aliphatic carbocycles. The molecule has 0 saturated carbocycles. The quantitative estimate of drug-likeness (QED) is 0.774. The van der Waals surface area contributed by atoms with Crippen LogP contribution in [-0.4, -0.2) is 23.5 Å². The molecule has 0 bridgehead atoms. The van der Waals surface area contributed by atoms with Gasteiger partial charge in [-0.05, 0) is 34.3 Å². The Morgan fingerprint density at radius 2 is 2.31 bits per heavy atom. The van der Waals surface area contributed by atoms with E-state index < -0.39 is 0 Å². The second-order valence-corrected chi connectivity index (χ2v) is 5.18. The fourth-order valence-electron chi connectivity index (χ4n) is 1.55. The maximum absolute atomic E-state index is 11.8. The number of halogens is 1. The van der Waals surface area contributed by atoms with E-state index in [1.807, 2.05) is 0 Å². The lowest BCUT2D eigenvalue weighted by molar-refractivity contribution is 0.0929. The minimum Gasteiger partial charge on any atom is -0.356 e. The molecule has 90 valence electrons. The number of carbonyl (C=O) groups is 1. The van der Waals surface area contributed by atoms with E-state index in [0.29, 0.717) is 18.2 Å². The Bertz CT molecular complexity index is 349. The molecule has 1 amide bonds. The van der Waals surface area contributed by atoms with Gasteiger partial charge in [0.15, 0.2) is 0 Å². The summed E-state index contributed by atoms with van der Waals surface area (Å²) in [5, 5.41) is 2.91. The predicted octanol–water partition coefficient (Wildman–Crippen LogP) is 1.88. The number of amides is 1.